The van der Waals surface area contributed by atoms with E-state index < -0.39 is 0 Å². The van der Waals surface area contributed by atoms with Gasteiger partial charge in [-0.1, -0.05) is 43.3 Å². The van der Waals surface area contributed by atoms with Gasteiger partial charge in [0.15, 0.2) is 18.4 Å². The van der Waals surface area contributed by atoms with Crippen molar-refractivity contribution in [1.82, 2.24) is 0 Å². The monoisotopic (exact) mass is 291 g/mol. The number of benzene rings is 1. The molecule has 0 fully saturated rings. The fourth-order valence-electron chi connectivity index (χ4n) is 2.06. The van der Waals surface area contributed by atoms with Gasteiger partial charge in [-0.15, -0.1) is 0 Å². The summed E-state index contributed by atoms with van der Waals surface area (Å²) in [5, 5.41) is 0. The van der Waals surface area contributed by atoms with E-state index in [1.54, 1.807) is 0 Å². The van der Waals surface area contributed by atoms with Gasteiger partial charge in [-0.05, 0) is 6.42 Å². The van der Waals surface area contributed by atoms with Crippen molar-refractivity contribution in [2.75, 3.05) is 0 Å². The third-order valence-corrected chi connectivity index (χ3v) is 2.84. The highest BCUT2D eigenvalue weighted by Gasteiger charge is 2.18. The molecule has 0 bridgehead atoms. The van der Waals surface area contributed by atoms with Gasteiger partial charge >= 0.3 is 0 Å². The molecule has 0 spiro atoms. The molecule has 2 aromatic rings. The van der Waals surface area contributed by atoms with Crippen LogP contribution >= 0.6 is 0 Å². The SMILES string of the molecule is CCCC(c1ccccc1)[n+]1ccccc1.[Br-]. The Balaban J connectivity index is 0.00000144. The summed E-state index contributed by atoms with van der Waals surface area (Å²) in [4.78, 5) is 0. The van der Waals surface area contributed by atoms with Gasteiger partial charge in [0.25, 0.3) is 0 Å². The maximum absolute atomic E-state index is 2.29. The van der Waals surface area contributed by atoms with Crippen molar-refractivity contribution in [3.05, 3.63) is 66.5 Å². The van der Waals surface area contributed by atoms with Crippen molar-refractivity contribution in [1.29, 1.82) is 0 Å². The molecule has 2 rings (SSSR count). The van der Waals surface area contributed by atoms with E-state index >= 15 is 0 Å². The quantitative estimate of drug-likeness (QED) is 0.717. The zero-order chi connectivity index (χ0) is 11.2. The number of rotatable bonds is 4. The summed E-state index contributed by atoms with van der Waals surface area (Å²) in [6.07, 6.45) is 6.67. The molecule has 1 aromatic carbocycles. The zero-order valence-corrected chi connectivity index (χ0v) is 11.7. The van der Waals surface area contributed by atoms with Crippen LogP contribution in [0.2, 0.25) is 0 Å². The highest BCUT2D eigenvalue weighted by molar-refractivity contribution is 5.17. The van der Waals surface area contributed by atoms with Gasteiger partial charge < -0.3 is 17.0 Å². The Morgan fingerprint density at radius 2 is 1.53 bits per heavy atom. The molecule has 0 radical (unpaired) electrons. The molecule has 0 amide bonds. The summed E-state index contributed by atoms with van der Waals surface area (Å²) in [5.74, 6) is 0. The number of hydrogen-bond donors (Lipinski definition) is 0. The van der Waals surface area contributed by atoms with E-state index in [2.05, 4.69) is 72.4 Å². The van der Waals surface area contributed by atoms with Crippen LogP contribution < -0.4 is 21.5 Å². The summed E-state index contributed by atoms with van der Waals surface area (Å²) >= 11 is 0. The average Bonchev–Trinajstić information content (AvgIpc) is 2.38. The minimum absolute atomic E-state index is 0. The maximum Gasteiger partial charge on any atom is 0.183 e. The van der Waals surface area contributed by atoms with Crippen LogP contribution in [0.3, 0.4) is 0 Å². The first-order chi connectivity index (χ1) is 7.92. The zero-order valence-electron chi connectivity index (χ0n) is 10.1. The predicted molar refractivity (Wildman–Crippen MR) is 66.1 cm³/mol. The summed E-state index contributed by atoms with van der Waals surface area (Å²) in [7, 11) is 0. The molecule has 0 aliphatic heterocycles. The smallest absolute Gasteiger partial charge is 0.183 e. The topological polar surface area (TPSA) is 3.88 Å². The first-order valence-corrected chi connectivity index (χ1v) is 5.92. The molecule has 0 saturated heterocycles. The maximum atomic E-state index is 2.29. The second-order valence-electron chi connectivity index (χ2n) is 4.04. The third-order valence-electron chi connectivity index (χ3n) is 2.84. The van der Waals surface area contributed by atoms with Crippen molar-refractivity contribution in [3.8, 4) is 0 Å². The fourth-order valence-corrected chi connectivity index (χ4v) is 2.06. The minimum atomic E-state index is 0. The Kier molecular flexibility index (Phi) is 5.92. The van der Waals surface area contributed by atoms with Crippen LogP contribution in [0.25, 0.3) is 0 Å². The third kappa shape index (κ3) is 3.67. The van der Waals surface area contributed by atoms with Gasteiger partial charge in [0.2, 0.25) is 0 Å². The Hall–Kier alpha value is -1.15. The summed E-state index contributed by atoms with van der Waals surface area (Å²) in [6.45, 7) is 2.24. The second kappa shape index (κ2) is 7.23. The highest BCUT2D eigenvalue weighted by Crippen LogP contribution is 2.17. The van der Waals surface area contributed by atoms with E-state index in [0.29, 0.717) is 6.04 Å². The fraction of sp³-hybridized carbons (Fsp3) is 0.267. The Morgan fingerprint density at radius 3 is 2.12 bits per heavy atom. The predicted octanol–water partition coefficient (Wildman–Crippen LogP) is 0.368. The van der Waals surface area contributed by atoms with Crippen LogP contribution in [0.15, 0.2) is 60.9 Å². The molecule has 0 aliphatic carbocycles. The molecular formula is C15H18BrN. The molecule has 1 atom stereocenters. The van der Waals surface area contributed by atoms with E-state index in [9.17, 15) is 0 Å². The van der Waals surface area contributed by atoms with Crippen LogP contribution in [-0.2, 0) is 0 Å². The number of aromatic nitrogens is 1. The molecule has 1 unspecified atom stereocenters. The lowest BCUT2D eigenvalue weighted by atomic mass is 10.0. The number of hydrogen-bond acceptors (Lipinski definition) is 0. The first-order valence-electron chi connectivity index (χ1n) is 5.92. The van der Waals surface area contributed by atoms with Crippen molar-refractivity contribution in [3.63, 3.8) is 0 Å². The molecule has 0 aliphatic rings. The Labute approximate surface area is 114 Å². The van der Waals surface area contributed by atoms with Crippen LogP contribution in [0.1, 0.15) is 31.4 Å². The highest BCUT2D eigenvalue weighted by atomic mass is 79.9. The molecule has 90 valence electrons. The number of pyridine rings is 1. The average molecular weight is 292 g/mol. The summed E-state index contributed by atoms with van der Waals surface area (Å²) < 4.78 is 2.29. The molecular weight excluding hydrogens is 274 g/mol. The van der Waals surface area contributed by atoms with E-state index in [4.69, 9.17) is 0 Å². The lowest BCUT2D eigenvalue weighted by Gasteiger charge is -2.11. The number of nitrogens with zero attached hydrogens (tertiary/aromatic N) is 1. The van der Waals surface area contributed by atoms with Crippen molar-refractivity contribution in [2.45, 2.75) is 25.8 Å². The van der Waals surface area contributed by atoms with Gasteiger partial charge in [-0.2, -0.15) is 4.57 Å². The molecule has 17 heavy (non-hydrogen) atoms. The first kappa shape index (κ1) is 13.9. The van der Waals surface area contributed by atoms with E-state index in [0.717, 1.165) is 0 Å². The molecule has 1 heterocycles. The normalized spacial score (nSPS) is 11.6. The van der Waals surface area contributed by atoms with Crippen molar-refractivity contribution < 1.29 is 21.5 Å². The van der Waals surface area contributed by atoms with Gasteiger partial charge in [-0.3, -0.25) is 0 Å². The Morgan fingerprint density at radius 1 is 0.941 bits per heavy atom. The van der Waals surface area contributed by atoms with Crippen LogP contribution in [0, 0.1) is 0 Å². The van der Waals surface area contributed by atoms with Crippen molar-refractivity contribution >= 4 is 0 Å². The van der Waals surface area contributed by atoms with E-state index in [1.807, 2.05) is 0 Å². The van der Waals surface area contributed by atoms with Crippen molar-refractivity contribution in [2.24, 2.45) is 0 Å². The molecule has 0 N–H and O–H groups in total. The molecule has 2 heteroatoms. The van der Waals surface area contributed by atoms with Gasteiger partial charge in [0.05, 0.1) is 0 Å². The number of halogens is 1. The van der Waals surface area contributed by atoms with Gasteiger partial charge in [0, 0.05) is 24.1 Å². The second-order valence-corrected chi connectivity index (χ2v) is 4.04. The lowest BCUT2D eigenvalue weighted by Crippen LogP contribution is -3.00. The Bertz CT molecular complexity index is 374. The van der Waals surface area contributed by atoms with Gasteiger partial charge in [-0.25, -0.2) is 0 Å². The van der Waals surface area contributed by atoms with E-state index in [1.165, 1.54) is 18.4 Å². The lowest BCUT2D eigenvalue weighted by molar-refractivity contribution is -0.714. The van der Waals surface area contributed by atoms with Gasteiger partial charge in [0.1, 0.15) is 0 Å². The van der Waals surface area contributed by atoms with Crippen LogP contribution in [0.5, 0.6) is 0 Å². The summed E-state index contributed by atoms with van der Waals surface area (Å²) in [6, 6.07) is 17.4. The molecule has 0 saturated carbocycles. The van der Waals surface area contributed by atoms with E-state index in [-0.39, 0.29) is 17.0 Å². The summed E-state index contributed by atoms with van der Waals surface area (Å²) in [5.41, 5.74) is 1.39. The standard InChI is InChI=1S/C15H18N.BrH/c1-2-9-15(14-10-5-3-6-11-14)16-12-7-4-8-13-16;/h3-8,10-13,15H,2,9H2,1H3;1H/q+1;/p-1. The molecule has 1 nitrogen and oxygen atoms in total. The van der Waals surface area contributed by atoms with Crippen LogP contribution in [0.4, 0.5) is 0 Å². The largest absolute Gasteiger partial charge is 1.00 e. The van der Waals surface area contributed by atoms with Crippen LogP contribution in [-0.4, -0.2) is 0 Å². The minimum Gasteiger partial charge on any atom is -1.00 e. The molecule has 1 aromatic heterocycles.